The van der Waals surface area contributed by atoms with Gasteiger partial charge < -0.3 is 10.6 Å². The number of nitrogens with zero attached hydrogens (tertiary/aromatic N) is 1. The van der Waals surface area contributed by atoms with Crippen molar-refractivity contribution in [3.8, 4) is 0 Å². The topological polar surface area (TPSA) is 80.5 Å². The summed E-state index contributed by atoms with van der Waals surface area (Å²) in [5.41, 5.74) is 5.48. The third-order valence-corrected chi connectivity index (χ3v) is 4.35. The number of benzene rings is 1. The van der Waals surface area contributed by atoms with Crippen molar-refractivity contribution < 1.29 is 17.6 Å². The monoisotopic (exact) mass is 288 g/mol. The van der Waals surface area contributed by atoms with E-state index in [0.29, 0.717) is 13.1 Å². The Kier molecular flexibility index (Phi) is 4.88. The van der Waals surface area contributed by atoms with Gasteiger partial charge in [-0.3, -0.25) is 4.79 Å². The molecule has 0 aliphatic heterocycles. The van der Waals surface area contributed by atoms with E-state index in [-0.39, 0.29) is 5.69 Å². The summed E-state index contributed by atoms with van der Waals surface area (Å²) in [5.74, 6) is -2.22. The summed E-state index contributed by atoms with van der Waals surface area (Å²) in [5, 5.41) is 0. The lowest BCUT2D eigenvalue weighted by Gasteiger charge is -2.18. The lowest BCUT2D eigenvalue weighted by atomic mass is 10.3. The van der Waals surface area contributed by atoms with Crippen molar-refractivity contribution in [2.45, 2.75) is 18.7 Å². The zero-order valence-corrected chi connectivity index (χ0v) is 11.7. The number of nitrogens with two attached hydrogens (primary N) is 1. The SMILES string of the molecule is CCN(CC)C(=O)CS(=O)(=O)c1ccc(N)cc1F. The second-order valence-corrected chi connectivity index (χ2v) is 5.97. The molecular weight excluding hydrogens is 271 g/mol. The fourth-order valence-electron chi connectivity index (χ4n) is 1.68. The number of sulfone groups is 1. The zero-order chi connectivity index (χ0) is 14.6. The van der Waals surface area contributed by atoms with Crippen molar-refractivity contribution in [2.75, 3.05) is 24.6 Å². The second kappa shape index (κ2) is 6.01. The van der Waals surface area contributed by atoms with E-state index < -0.39 is 32.2 Å². The molecule has 0 spiro atoms. The molecule has 0 heterocycles. The molecule has 1 amide bonds. The molecule has 0 saturated heterocycles. The van der Waals surface area contributed by atoms with E-state index in [1.165, 1.54) is 11.0 Å². The molecule has 1 aromatic carbocycles. The third-order valence-electron chi connectivity index (χ3n) is 2.72. The van der Waals surface area contributed by atoms with Gasteiger partial charge in [0.15, 0.2) is 9.84 Å². The van der Waals surface area contributed by atoms with Crippen molar-refractivity contribution in [3.63, 3.8) is 0 Å². The fourth-order valence-corrected chi connectivity index (χ4v) is 2.97. The van der Waals surface area contributed by atoms with Gasteiger partial charge in [0.1, 0.15) is 16.5 Å². The number of amides is 1. The van der Waals surface area contributed by atoms with Crippen molar-refractivity contribution in [2.24, 2.45) is 0 Å². The molecule has 106 valence electrons. The van der Waals surface area contributed by atoms with Gasteiger partial charge in [-0.05, 0) is 32.0 Å². The number of anilines is 1. The average Bonchev–Trinajstić information content (AvgIpc) is 2.29. The van der Waals surface area contributed by atoms with Crippen LogP contribution in [0.25, 0.3) is 0 Å². The van der Waals surface area contributed by atoms with Gasteiger partial charge in [0.25, 0.3) is 0 Å². The van der Waals surface area contributed by atoms with Gasteiger partial charge in [-0.1, -0.05) is 0 Å². The number of carbonyl (C=O) groups excluding carboxylic acids is 1. The molecular formula is C12H17FN2O3S. The maximum Gasteiger partial charge on any atom is 0.238 e. The summed E-state index contributed by atoms with van der Waals surface area (Å²) in [6, 6.07) is 3.29. The van der Waals surface area contributed by atoms with E-state index in [4.69, 9.17) is 5.73 Å². The van der Waals surface area contributed by atoms with Crippen molar-refractivity contribution >= 4 is 21.4 Å². The van der Waals surface area contributed by atoms with Gasteiger partial charge in [-0.2, -0.15) is 0 Å². The standard InChI is InChI=1S/C12H17FN2O3S/c1-3-15(4-2)12(16)8-19(17,18)11-6-5-9(14)7-10(11)13/h5-7H,3-4,8,14H2,1-2H3. The Balaban J connectivity index is 3.02. The first-order chi connectivity index (χ1) is 8.81. The molecule has 0 saturated carbocycles. The fraction of sp³-hybridized carbons (Fsp3) is 0.417. The van der Waals surface area contributed by atoms with E-state index >= 15 is 0 Å². The lowest BCUT2D eigenvalue weighted by Crippen LogP contribution is -2.35. The van der Waals surface area contributed by atoms with Gasteiger partial charge in [0.05, 0.1) is 0 Å². The molecule has 0 aliphatic carbocycles. The van der Waals surface area contributed by atoms with Crippen LogP contribution < -0.4 is 5.73 Å². The van der Waals surface area contributed by atoms with Crippen molar-refractivity contribution in [1.82, 2.24) is 4.90 Å². The second-order valence-electron chi connectivity index (χ2n) is 4.01. The Morgan fingerprint density at radius 3 is 2.37 bits per heavy atom. The molecule has 19 heavy (non-hydrogen) atoms. The van der Waals surface area contributed by atoms with E-state index in [1.807, 2.05) is 0 Å². The summed E-state index contributed by atoms with van der Waals surface area (Å²) in [6.07, 6.45) is 0. The minimum Gasteiger partial charge on any atom is -0.399 e. The quantitative estimate of drug-likeness (QED) is 0.821. The van der Waals surface area contributed by atoms with Crippen molar-refractivity contribution in [1.29, 1.82) is 0 Å². The number of hydrogen-bond acceptors (Lipinski definition) is 4. The number of nitrogen functional groups attached to an aromatic ring is 1. The summed E-state index contributed by atoms with van der Waals surface area (Å²) in [6.45, 7) is 4.32. The number of carbonyl (C=O) groups is 1. The van der Waals surface area contributed by atoms with Crippen LogP contribution in [0.5, 0.6) is 0 Å². The summed E-state index contributed by atoms with van der Waals surface area (Å²) >= 11 is 0. The third kappa shape index (κ3) is 3.66. The Morgan fingerprint density at radius 1 is 1.32 bits per heavy atom. The summed E-state index contributed by atoms with van der Waals surface area (Å²) < 4.78 is 37.5. The highest BCUT2D eigenvalue weighted by atomic mass is 32.2. The predicted octanol–water partition coefficient (Wildman–Crippen LogP) is 1.05. The van der Waals surface area contributed by atoms with Crippen LogP contribution in [0.15, 0.2) is 23.1 Å². The van der Waals surface area contributed by atoms with Crippen LogP contribution in [0.2, 0.25) is 0 Å². The van der Waals surface area contributed by atoms with Crippen molar-refractivity contribution in [3.05, 3.63) is 24.0 Å². The van der Waals surface area contributed by atoms with Gasteiger partial charge >= 0.3 is 0 Å². The zero-order valence-electron chi connectivity index (χ0n) is 10.9. The Hall–Kier alpha value is -1.63. The van der Waals surface area contributed by atoms with E-state index in [2.05, 4.69) is 0 Å². The molecule has 1 aromatic rings. The molecule has 0 atom stereocenters. The van der Waals surface area contributed by atoms with Gasteiger partial charge in [-0.25, -0.2) is 12.8 Å². The number of rotatable bonds is 5. The van der Waals surface area contributed by atoms with Gasteiger partial charge in [0, 0.05) is 18.8 Å². The Morgan fingerprint density at radius 2 is 1.89 bits per heavy atom. The molecule has 0 unspecified atom stereocenters. The highest BCUT2D eigenvalue weighted by Gasteiger charge is 2.25. The molecule has 0 aliphatic rings. The van der Waals surface area contributed by atoms with E-state index in [9.17, 15) is 17.6 Å². The van der Waals surface area contributed by atoms with Crippen LogP contribution in [-0.4, -0.2) is 38.1 Å². The Labute approximate surface area is 112 Å². The van der Waals surface area contributed by atoms with Crippen LogP contribution in [0, 0.1) is 5.82 Å². The minimum atomic E-state index is -3.99. The van der Waals surface area contributed by atoms with E-state index in [1.54, 1.807) is 13.8 Å². The lowest BCUT2D eigenvalue weighted by molar-refractivity contribution is -0.128. The minimum absolute atomic E-state index is 0.131. The molecule has 1 rings (SSSR count). The van der Waals surface area contributed by atoms with Crippen LogP contribution >= 0.6 is 0 Å². The maximum absolute atomic E-state index is 13.6. The molecule has 0 fully saturated rings. The number of halogens is 1. The average molecular weight is 288 g/mol. The first kappa shape index (κ1) is 15.4. The molecule has 0 bridgehead atoms. The van der Waals surface area contributed by atoms with Gasteiger partial charge in [0.2, 0.25) is 5.91 Å². The summed E-state index contributed by atoms with van der Waals surface area (Å²) in [7, 11) is -3.99. The number of hydrogen-bond donors (Lipinski definition) is 1. The van der Waals surface area contributed by atoms with Crippen LogP contribution in [0.4, 0.5) is 10.1 Å². The van der Waals surface area contributed by atoms with Crippen LogP contribution in [-0.2, 0) is 14.6 Å². The highest BCUT2D eigenvalue weighted by molar-refractivity contribution is 7.92. The normalized spacial score (nSPS) is 11.3. The molecule has 7 heteroatoms. The largest absolute Gasteiger partial charge is 0.399 e. The van der Waals surface area contributed by atoms with E-state index in [0.717, 1.165) is 12.1 Å². The molecule has 2 N–H and O–H groups in total. The predicted molar refractivity (Wildman–Crippen MR) is 70.8 cm³/mol. The molecule has 0 radical (unpaired) electrons. The van der Waals surface area contributed by atoms with Gasteiger partial charge in [-0.15, -0.1) is 0 Å². The molecule has 5 nitrogen and oxygen atoms in total. The van der Waals surface area contributed by atoms with Crippen LogP contribution in [0.3, 0.4) is 0 Å². The maximum atomic E-state index is 13.6. The first-order valence-electron chi connectivity index (χ1n) is 5.87. The molecule has 0 aromatic heterocycles. The summed E-state index contributed by atoms with van der Waals surface area (Å²) in [4.78, 5) is 12.7. The smallest absolute Gasteiger partial charge is 0.238 e. The van der Waals surface area contributed by atoms with Crippen LogP contribution in [0.1, 0.15) is 13.8 Å². The first-order valence-corrected chi connectivity index (χ1v) is 7.52. The highest BCUT2D eigenvalue weighted by Crippen LogP contribution is 2.18. The Bertz CT molecular complexity index is 568.